The number of likely N-dealkylation sites (tertiary alicyclic amines) is 1. The van der Waals surface area contributed by atoms with Crippen molar-refractivity contribution in [2.45, 2.75) is 31.9 Å². The third-order valence-corrected chi connectivity index (χ3v) is 3.67. The van der Waals surface area contributed by atoms with Crippen LogP contribution in [-0.4, -0.2) is 41.2 Å². The first kappa shape index (κ1) is 14.2. The Kier molecular flexibility index (Phi) is 4.66. The molecule has 4 nitrogen and oxygen atoms in total. The molecule has 1 aromatic rings. The van der Waals surface area contributed by atoms with Crippen LogP contribution in [0.2, 0.25) is 5.02 Å². The van der Waals surface area contributed by atoms with Crippen LogP contribution >= 0.6 is 11.6 Å². The van der Waals surface area contributed by atoms with Crippen LogP contribution in [-0.2, 0) is 4.79 Å². The van der Waals surface area contributed by atoms with Crippen LogP contribution in [0.25, 0.3) is 0 Å². The molecule has 1 saturated heterocycles. The molecule has 0 bridgehead atoms. The van der Waals surface area contributed by atoms with Crippen molar-refractivity contribution in [3.05, 3.63) is 29.3 Å². The van der Waals surface area contributed by atoms with E-state index in [0.717, 1.165) is 12.8 Å². The minimum absolute atomic E-state index is 0.00452. The van der Waals surface area contributed by atoms with Gasteiger partial charge < -0.3 is 14.7 Å². The number of aliphatic hydroxyl groups is 1. The lowest BCUT2D eigenvalue weighted by Gasteiger charge is -2.26. The molecule has 0 aliphatic carbocycles. The Morgan fingerprint density at radius 2 is 2.32 bits per heavy atom. The molecule has 1 aliphatic heterocycles. The molecular weight excluding hydrogens is 266 g/mol. The summed E-state index contributed by atoms with van der Waals surface area (Å²) >= 11 is 6.00. The van der Waals surface area contributed by atoms with Gasteiger partial charge in [-0.3, -0.25) is 4.79 Å². The van der Waals surface area contributed by atoms with Gasteiger partial charge in [-0.1, -0.05) is 23.7 Å². The first-order valence-electron chi connectivity index (χ1n) is 6.46. The third-order valence-electron chi connectivity index (χ3n) is 3.36. The van der Waals surface area contributed by atoms with E-state index in [2.05, 4.69) is 0 Å². The number of hydrogen-bond donors (Lipinski definition) is 1. The van der Waals surface area contributed by atoms with Gasteiger partial charge in [0, 0.05) is 6.54 Å². The molecule has 104 valence electrons. The number of aliphatic hydroxyl groups excluding tert-OH is 1. The van der Waals surface area contributed by atoms with Crippen molar-refractivity contribution in [3.63, 3.8) is 0 Å². The van der Waals surface area contributed by atoms with Crippen molar-refractivity contribution >= 4 is 17.5 Å². The highest BCUT2D eigenvalue weighted by Crippen LogP contribution is 2.25. The normalized spacial score (nSPS) is 20.4. The summed E-state index contributed by atoms with van der Waals surface area (Å²) in [5, 5.41) is 9.73. The van der Waals surface area contributed by atoms with Gasteiger partial charge in [-0.2, -0.15) is 0 Å². The van der Waals surface area contributed by atoms with Gasteiger partial charge in [0.25, 0.3) is 5.91 Å². The molecule has 1 aromatic carbocycles. The Bertz CT molecular complexity index is 452. The summed E-state index contributed by atoms with van der Waals surface area (Å²) < 4.78 is 5.61. The Morgan fingerprint density at radius 1 is 1.58 bits per heavy atom. The van der Waals surface area contributed by atoms with Crippen molar-refractivity contribution in [2.24, 2.45) is 0 Å². The highest BCUT2D eigenvalue weighted by atomic mass is 35.5. The van der Waals surface area contributed by atoms with E-state index in [4.69, 9.17) is 16.3 Å². The number of carbonyl (C=O) groups excluding carboxylic acids is 1. The van der Waals surface area contributed by atoms with Gasteiger partial charge in [0.15, 0.2) is 6.10 Å². The van der Waals surface area contributed by atoms with E-state index in [-0.39, 0.29) is 18.6 Å². The minimum atomic E-state index is -0.605. The summed E-state index contributed by atoms with van der Waals surface area (Å²) in [7, 11) is 0. The predicted molar refractivity (Wildman–Crippen MR) is 73.4 cm³/mol. The molecule has 1 heterocycles. The van der Waals surface area contributed by atoms with Gasteiger partial charge in [-0.05, 0) is 31.9 Å². The van der Waals surface area contributed by atoms with Crippen LogP contribution in [0, 0.1) is 0 Å². The van der Waals surface area contributed by atoms with Crippen molar-refractivity contribution in [1.29, 1.82) is 0 Å². The quantitative estimate of drug-likeness (QED) is 0.920. The van der Waals surface area contributed by atoms with E-state index >= 15 is 0 Å². The van der Waals surface area contributed by atoms with E-state index in [1.165, 1.54) is 0 Å². The summed E-state index contributed by atoms with van der Waals surface area (Å²) in [5.74, 6) is 0.404. The maximum absolute atomic E-state index is 12.3. The number of halogens is 1. The van der Waals surface area contributed by atoms with E-state index in [0.29, 0.717) is 17.3 Å². The van der Waals surface area contributed by atoms with Crippen LogP contribution in [0.1, 0.15) is 19.8 Å². The highest BCUT2D eigenvalue weighted by molar-refractivity contribution is 6.32. The molecule has 2 atom stereocenters. The van der Waals surface area contributed by atoms with Crippen LogP contribution in [0.3, 0.4) is 0 Å². The number of benzene rings is 1. The summed E-state index contributed by atoms with van der Waals surface area (Å²) in [4.78, 5) is 14.0. The monoisotopic (exact) mass is 283 g/mol. The van der Waals surface area contributed by atoms with Gasteiger partial charge in [0.2, 0.25) is 0 Å². The lowest BCUT2D eigenvalue weighted by atomic mass is 10.2. The minimum Gasteiger partial charge on any atom is -0.479 e. The van der Waals surface area contributed by atoms with Gasteiger partial charge in [-0.15, -0.1) is 0 Å². The second kappa shape index (κ2) is 6.26. The smallest absolute Gasteiger partial charge is 0.263 e. The fourth-order valence-electron chi connectivity index (χ4n) is 2.33. The molecule has 2 unspecified atom stereocenters. The summed E-state index contributed by atoms with van der Waals surface area (Å²) in [6.07, 6.45) is 1.17. The number of nitrogens with zero attached hydrogens (tertiary/aromatic N) is 1. The fourth-order valence-corrected chi connectivity index (χ4v) is 2.51. The number of rotatable bonds is 4. The summed E-state index contributed by atoms with van der Waals surface area (Å²) in [6, 6.07) is 7.00. The number of ether oxygens (including phenoxy) is 1. The topological polar surface area (TPSA) is 49.8 Å². The van der Waals surface area contributed by atoms with E-state index in [9.17, 15) is 9.90 Å². The Hall–Kier alpha value is -1.26. The Labute approximate surface area is 117 Å². The molecule has 1 N–H and O–H groups in total. The van der Waals surface area contributed by atoms with Gasteiger partial charge in [0.1, 0.15) is 5.75 Å². The third kappa shape index (κ3) is 3.19. The zero-order valence-corrected chi connectivity index (χ0v) is 11.6. The molecule has 0 radical (unpaired) electrons. The van der Waals surface area contributed by atoms with Crippen LogP contribution < -0.4 is 4.74 Å². The van der Waals surface area contributed by atoms with Crippen molar-refractivity contribution in [2.75, 3.05) is 13.2 Å². The van der Waals surface area contributed by atoms with Crippen LogP contribution in [0.15, 0.2) is 24.3 Å². The van der Waals surface area contributed by atoms with Gasteiger partial charge >= 0.3 is 0 Å². The standard InChI is InChI=1S/C14H18ClNO3/c1-10(19-13-7-3-2-6-12(13)15)14(18)16-8-4-5-11(16)9-17/h2-3,6-7,10-11,17H,4-5,8-9H2,1H3. The highest BCUT2D eigenvalue weighted by Gasteiger charge is 2.31. The first-order valence-corrected chi connectivity index (χ1v) is 6.84. The maximum Gasteiger partial charge on any atom is 0.263 e. The maximum atomic E-state index is 12.3. The van der Waals surface area contributed by atoms with Gasteiger partial charge in [0.05, 0.1) is 17.7 Å². The van der Waals surface area contributed by atoms with Crippen molar-refractivity contribution in [3.8, 4) is 5.75 Å². The molecule has 0 spiro atoms. The van der Waals surface area contributed by atoms with E-state index in [1.807, 2.05) is 12.1 Å². The van der Waals surface area contributed by atoms with Gasteiger partial charge in [-0.25, -0.2) is 0 Å². The fraction of sp³-hybridized carbons (Fsp3) is 0.500. The zero-order chi connectivity index (χ0) is 13.8. The largest absolute Gasteiger partial charge is 0.479 e. The second-order valence-corrected chi connectivity index (χ2v) is 5.11. The molecule has 5 heteroatoms. The van der Waals surface area contributed by atoms with Crippen LogP contribution in [0.4, 0.5) is 0 Å². The molecule has 0 aromatic heterocycles. The molecule has 2 rings (SSSR count). The number of amides is 1. The number of para-hydroxylation sites is 1. The van der Waals surface area contributed by atoms with E-state index < -0.39 is 6.10 Å². The summed E-state index contributed by atoms with van der Waals surface area (Å²) in [5.41, 5.74) is 0. The molecule has 0 saturated carbocycles. The molecule has 1 aliphatic rings. The van der Waals surface area contributed by atoms with Crippen molar-refractivity contribution < 1.29 is 14.6 Å². The predicted octanol–water partition coefficient (Wildman–Crippen LogP) is 2.09. The Morgan fingerprint density at radius 3 is 3.00 bits per heavy atom. The molecular formula is C14H18ClNO3. The zero-order valence-electron chi connectivity index (χ0n) is 10.9. The average molecular weight is 284 g/mol. The van der Waals surface area contributed by atoms with E-state index in [1.54, 1.807) is 24.0 Å². The first-order chi connectivity index (χ1) is 9.13. The average Bonchev–Trinajstić information content (AvgIpc) is 2.88. The lowest BCUT2D eigenvalue weighted by molar-refractivity contribution is -0.139. The second-order valence-electron chi connectivity index (χ2n) is 4.70. The molecule has 1 fully saturated rings. The van der Waals surface area contributed by atoms with Crippen molar-refractivity contribution in [1.82, 2.24) is 4.90 Å². The lowest BCUT2D eigenvalue weighted by Crippen LogP contribution is -2.44. The Balaban J connectivity index is 2.02. The summed E-state index contributed by atoms with van der Waals surface area (Å²) in [6.45, 7) is 2.39. The van der Waals surface area contributed by atoms with Crippen LogP contribution in [0.5, 0.6) is 5.75 Å². The SMILES string of the molecule is CC(Oc1ccccc1Cl)C(=O)N1CCCC1CO. The number of hydrogen-bond acceptors (Lipinski definition) is 3. The molecule has 1 amide bonds. The molecule has 19 heavy (non-hydrogen) atoms. The number of carbonyl (C=O) groups is 1.